The molecule has 0 atom stereocenters. The van der Waals surface area contributed by atoms with Gasteiger partial charge in [0, 0.05) is 45.0 Å². The molecule has 2 heterocycles. The molecule has 1 aromatic rings. The minimum Gasteiger partial charge on any atom is -0.339 e. The predicted molar refractivity (Wildman–Crippen MR) is 86.0 cm³/mol. The van der Waals surface area contributed by atoms with Crippen molar-refractivity contribution >= 4 is 24.3 Å². The lowest BCUT2D eigenvalue weighted by Crippen LogP contribution is -2.49. The second kappa shape index (κ2) is 9.03. The molecule has 0 aromatic carbocycles. The molecule has 0 bridgehead atoms. The Morgan fingerprint density at radius 3 is 2.21 bits per heavy atom. The summed E-state index contributed by atoms with van der Waals surface area (Å²) in [5, 5.41) is 0. The van der Waals surface area contributed by atoms with Gasteiger partial charge in [-0.15, -0.1) is 12.4 Å². The van der Waals surface area contributed by atoms with Crippen LogP contribution >= 0.6 is 12.4 Å². The van der Waals surface area contributed by atoms with Crippen LogP contribution in [0.4, 0.5) is 19.1 Å². The monoisotopic (exact) mass is 367 g/mol. The molecule has 0 spiro atoms. The normalized spacial score (nSPS) is 15.2. The van der Waals surface area contributed by atoms with Gasteiger partial charge in [-0.25, -0.2) is 9.97 Å². The summed E-state index contributed by atoms with van der Waals surface area (Å²) in [6, 6.07) is 0. The van der Waals surface area contributed by atoms with Crippen LogP contribution in [-0.4, -0.2) is 53.5 Å². The second-order valence-corrected chi connectivity index (χ2v) is 5.38. The van der Waals surface area contributed by atoms with E-state index in [0.29, 0.717) is 39.1 Å². The number of amides is 1. The van der Waals surface area contributed by atoms with E-state index in [1.54, 1.807) is 9.80 Å². The standard InChI is InChI=1S/C14H20F3N5O.ClH/c15-14(16,17)11-9-19-13(20-10-11)22-7-5-21(6-8-22)12(23)3-1-2-4-18;/h9-10H,1-8,18H2;1H. The third kappa shape index (κ3) is 5.48. The summed E-state index contributed by atoms with van der Waals surface area (Å²) in [6.07, 6.45) is -0.789. The first-order valence-electron chi connectivity index (χ1n) is 7.54. The minimum atomic E-state index is -4.44. The maximum atomic E-state index is 12.5. The van der Waals surface area contributed by atoms with Crippen molar-refractivity contribution in [3.63, 3.8) is 0 Å². The van der Waals surface area contributed by atoms with Crippen molar-refractivity contribution in [1.82, 2.24) is 14.9 Å². The third-order valence-corrected chi connectivity index (χ3v) is 3.73. The van der Waals surface area contributed by atoms with Gasteiger partial charge in [0.05, 0.1) is 5.56 Å². The zero-order valence-electron chi connectivity index (χ0n) is 13.1. The van der Waals surface area contributed by atoms with E-state index < -0.39 is 11.7 Å². The van der Waals surface area contributed by atoms with E-state index in [1.165, 1.54) is 0 Å². The number of hydrogen-bond acceptors (Lipinski definition) is 5. The zero-order valence-corrected chi connectivity index (χ0v) is 13.9. The summed E-state index contributed by atoms with van der Waals surface area (Å²) >= 11 is 0. The Kier molecular flexibility index (Phi) is 7.68. The quantitative estimate of drug-likeness (QED) is 0.802. The van der Waals surface area contributed by atoms with Crippen molar-refractivity contribution in [2.24, 2.45) is 5.73 Å². The Morgan fingerprint density at radius 1 is 1.12 bits per heavy atom. The molecule has 1 aromatic heterocycles. The molecule has 0 saturated carbocycles. The number of carbonyl (C=O) groups is 1. The number of halogens is 4. The first kappa shape index (κ1) is 20.4. The van der Waals surface area contributed by atoms with Crippen LogP contribution in [-0.2, 0) is 11.0 Å². The number of alkyl halides is 3. The van der Waals surface area contributed by atoms with E-state index in [0.717, 1.165) is 25.2 Å². The van der Waals surface area contributed by atoms with E-state index in [4.69, 9.17) is 5.73 Å². The first-order chi connectivity index (χ1) is 10.9. The Balaban J connectivity index is 0.00000288. The van der Waals surface area contributed by atoms with E-state index in [-0.39, 0.29) is 24.3 Å². The molecule has 0 aliphatic carbocycles. The summed E-state index contributed by atoms with van der Waals surface area (Å²) in [5.41, 5.74) is 4.53. The highest BCUT2D eigenvalue weighted by molar-refractivity contribution is 5.85. The minimum absolute atomic E-state index is 0. The molecule has 2 N–H and O–H groups in total. The van der Waals surface area contributed by atoms with Gasteiger partial charge in [0.25, 0.3) is 0 Å². The molecule has 10 heteroatoms. The summed E-state index contributed by atoms with van der Waals surface area (Å²) in [4.78, 5) is 23.1. The van der Waals surface area contributed by atoms with Crippen LogP contribution in [0, 0.1) is 0 Å². The number of hydrogen-bond donors (Lipinski definition) is 1. The summed E-state index contributed by atoms with van der Waals surface area (Å²) in [6.45, 7) is 2.63. The smallest absolute Gasteiger partial charge is 0.339 e. The maximum absolute atomic E-state index is 12.5. The van der Waals surface area contributed by atoms with Crippen molar-refractivity contribution in [2.45, 2.75) is 25.4 Å². The highest BCUT2D eigenvalue weighted by atomic mass is 35.5. The van der Waals surface area contributed by atoms with Crippen LogP contribution in [0.1, 0.15) is 24.8 Å². The van der Waals surface area contributed by atoms with Gasteiger partial charge in [0.15, 0.2) is 0 Å². The Morgan fingerprint density at radius 2 is 1.71 bits per heavy atom. The number of nitrogens with two attached hydrogens (primary N) is 1. The largest absolute Gasteiger partial charge is 0.419 e. The maximum Gasteiger partial charge on any atom is 0.419 e. The Bertz CT molecular complexity index is 518. The van der Waals surface area contributed by atoms with Gasteiger partial charge < -0.3 is 15.5 Å². The fourth-order valence-corrected chi connectivity index (χ4v) is 2.37. The highest BCUT2D eigenvalue weighted by Gasteiger charge is 2.32. The SMILES string of the molecule is Cl.NCCCCC(=O)N1CCN(c2ncc(C(F)(F)F)cn2)CC1. The van der Waals surface area contributed by atoms with Gasteiger partial charge in [-0.2, -0.15) is 13.2 Å². The van der Waals surface area contributed by atoms with Crippen LogP contribution in [0.25, 0.3) is 0 Å². The molecule has 1 fully saturated rings. The lowest BCUT2D eigenvalue weighted by Gasteiger charge is -2.34. The molecule has 2 rings (SSSR count). The van der Waals surface area contributed by atoms with Crippen LogP contribution < -0.4 is 10.6 Å². The molecule has 0 unspecified atom stereocenters. The highest BCUT2D eigenvalue weighted by Crippen LogP contribution is 2.28. The molecule has 0 radical (unpaired) electrons. The summed E-state index contributed by atoms with van der Waals surface area (Å²) in [5.74, 6) is 0.347. The number of rotatable bonds is 5. The van der Waals surface area contributed by atoms with Gasteiger partial charge in [-0.05, 0) is 19.4 Å². The number of aromatic nitrogens is 2. The number of anilines is 1. The number of nitrogens with zero attached hydrogens (tertiary/aromatic N) is 4. The fourth-order valence-electron chi connectivity index (χ4n) is 2.37. The molecule has 136 valence electrons. The van der Waals surface area contributed by atoms with Gasteiger partial charge in [0.1, 0.15) is 0 Å². The van der Waals surface area contributed by atoms with Crippen LogP contribution in [0.3, 0.4) is 0 Å². The van der Waals surface area contributed by atoms with Crippen molar-refractivity contribution in [1.29, 1.82) is 0 Å². The molecule has 1 amide bonds. The summed E-state index contributed by atoms with van der Waals surface area (Å²) < 4.78 is 37.5. The Hall–Kier alpha value is -1.61. The van der Waals surface area contributed by atoms with Crippen LogP contribution in [0.2, 0.25) is 0 Å². The topological polar surface area (TPSA) is 75.4 Å². The van der Waals surface area contributed by atoms with E-state index in [2.05, 4.69) is 9.97 Å². The van der Waals surface area contributed by atoms with E-state index >= 15 is 0 Å². The fraction of sp³-hybridized carbons (Fsp3) is 0.643. The van der Waals surface area contributed by atoms with Gasteiger partial charge in [-0.3, -0.25) is 4.79 Å². The van der Waals surface area contributed by atoms with Crippen LogP contribution in [0.5, 0.6) is 0 Å². The molecular weight excluding hydrogens is 347 g/mol. The molecule has 1 aliphatic rings. The van der Waals surface area contributed by atoms with Gasteiger partial charge >= 0.3 is 6.18 Å². The number of piperazine rings is 1. The van der Waals surface area contributed by atoms with E-state index in [1.807, 2.05) is 0 Å². The van der Waals surface area contributed by atoms with Gasteiger partial charge in [0.2, 0.25) is 11.9 Å². The molecular formula is C14H21ClF3N5O. The van der Waals surface area contributed by atoms with Gasteiger partial charge in [-0.1, -0.05) is 0 Å². The zero-order chi connectivity index (χ0) is 16.9. The molecule has 1 saturated heterocycles. The van der Waals surface area contributed by atoms with E-state index in [9.17, 15) is 18.0 Å². The van der Waals surface area contributed by atoms with Crippen molar-refractivity contribution in [2.75, 3.05) is 37.6 Å². The lowest BCUT2D eigenvalue weighted by molar-refractivity contribution is -0.138. The average Bonchev–Trinajstić information content (AvgIpc) is 2.54. The van der Waals surface area contributed by atoms with Crippen molar-refractivity contribution < 1.29 is 18.0 Å². The molecule has 1 aliphatic heterocycles. The lowest BCUT2D eigenvalue weighted by atomic mass is 10.2. The average molecular weight is 368 g/mol. The van der Waals surface area contributed by atoms with Crippen molar-refractivity contribution in [3.05, 3.63) is 18.0 Å². The second-order valence-electron chi connectivity index (χ2n) is 5.38. The Labute approximate surface area is 144 Å². The number of unbranched alkanes of at least 4 members (excludes halogenated alkanes) is 1. The summed E-state index contributed by atoms with van der Waals surface area (Å²) in [7, 11) is 0. The predicted octanol–water partition coefficient (Wildman–Crippen LogP) is 1.69. The number of carbonyl (C=O) groups excluding carboxylic acids is 1. The molecule has 24 heavy (non-hydrogen) atoms. The molecule has 6 nitrogen and oxygen atoms in total. The third-order valence-electron chi connectivity index (χ3n) is 3.73. The first-order valence-corrected chi connectivity index (χ1v) is 7.54. The van der Waals surface area contributed by atoms with Crippen molar-refractivity contribution in [3.8, 4) is 0 Å². The van der Waals surface area contributed by atoms with Crippen LogP contribution in [0.15, 0.2) is 12.4 Å².